The first-order chi connectivity index (χ1) is 11.4. The zero-order valence-corrected chi connectivity index (χ0v) is 12.7. The fourth-order valence-electron chi connectivity index (χ4n) is 2.85. The van der Waals surface area contributed by atoms with E-state index in [1.807, 2.05) is 23.4 Å². The molecule has 0 aliphatic carbocycles. The van der Waals surface area contributed by atoms with E-state index in [9.17, 15) is 0 Å². The van der Waals surface area contributed by atoms with Crippen LogP contribution < -0.4 is 0 Å². The first-order valence-corrected chi connectivity index (χ1v) is 7.56. The molecule has 0 amide bonds. The summed E-state index contributed by atoms with van der Waals surface area (Å²) in [6, 6.07) is 10.6. The minimum Gasteiger partial charge on any atom is -0.347 e. The van der Waals surface area contributed by atoms with E-state index < -0.39 is 0 Å². The molecule has 0 spiro atoms. The van der Waals surface area contributed by atoms with Crippen molar-refractivity contribution in [2.75, 3.05) is 0 Å². The van der Waals surface area contributed by atoms with Crippen molar-refractivity contribution >= 4 is 10.9 Å². The van der Waals surface area contributed by atoms with E-state index in [4.69, 9.17) is 0 Å². The lowest BCUT2D eigenvalue weighted by Crippen LogP contribution is -2.20. The molecule has 0 saturated heterocycles. The number of imidazole rings is 1. The average molecular weight is 305 g/mol. The molecule has 23 heavy (non-hydrogen) atoms. The highest BCUT2D eigenvalue weighted by atomic mass is 15.4. The lowest BCUT2D eigenvalue weighted by Gasteiger charge is -2.18. The molecular formula is C17H17N6. The number of hydrogen-bond acceptors (Lipinski definition) is 3. The van der Waals surface area contributed by atoms with Crippen molar-refractivity contribution in [3.63, 3.8) is 0 Å². The summed E-state index contributed by atoms with van der Waals surface area (Å²) in [6.07, 6.45) is 11.4. The quantitative estimate of drug-likeness (QED) is 0.549. The Labute approximate surface area is 134 Å². The van der Waals surface area contributed by atoms with Crippen LogP contribution in [-0.4, -0.2) is 29.1 Å². The van der Waals surface area contributed by atoms with Gasteiger partial charge in [-0.3, -0.25) is 4.68 Å². The lowest BCUT2D eigenvalue weighted by atomic mass is 10.1. The van der Waals surface area contributed by atoms with Crippen molar-refractivity contribution in [1.82, 2.24) is 29.1 Å². The Hall–Kier alpha value is -2.89. The maximum atomic E-state index is 4.13. The summed E-state index contributed by atoms with van der Waals surface area (Å²) in [6.45, 7) is 2.39. The molecule has 4 aromatic rings. The molecule has 3 heterocycles. The van der Waals surface area contributed by atoms with Crippen LogP contribution in [0.25, 0.3) is 10.9 Å². The van der Waals surface area contributed by atoms with E-state index in [1.54, 1.807) is 12.4 Å². The summed E-state index contributed by atoms with van der Waals surface area (Å²) in [7, 11) is 0. The predicted molar refractivity (Wildman–Crippen MR) is 87.4 cm³/mol. The monoisotopic (exact) mass is 305 g/mol. The highest BCUT2D eigenvalue weighted by molar-refractivity contribution is 5.79. The molecule has 0 atom stereocenters. The van der Waals surface area contributed by atoms with E-state index in [-0.39, 0.29) is 0 Å². The van der Waals surface area contributed by atoms with Crippen molar-refractivity contribution < 1.29 is 0 Å². The molecule has 6 heteroatoms. The lowest BCUT2D eigenvalue weighted by molar-refractivity contribution is 0.498. The van der Waals surface area contributed by atoms with Crippen molar-refractivity contribution in [3.05, 3.63) is 73.6 Å². The summed E-state index contributed by atoms with van der Waals surface area (Å²) in [5.74, 6) is 1.33. The summed E-state index contributed by atoms with van der Waals surface area (Å²) in [5.41, 5.74) is 1.24. The third kappa shape index (κ3) is 3.01. The third-order valence-corrected chi connectivity index (χ3v) is 3.90. The number of para-hydroxylation sites is 1. The Kier molecular flexibility index (Phi) is 3.63. The second-order valence-electron chi connectivity index (χ2n) is 5.59. The van der Waals surface area contributed by atoms with Gasteiger partial charge in [0.2, 0.25) is 0 Å². The minimum atomic E-state index is 0.741. The standard InChI is InChI=1S/C17H17N6/c1-2-4-17-16(3-1)5-8-22(17)12-15(11-21-9-6-18-14-21)13-23-10-7-19-20-23/h1-10,14H,11-13H2. The van der Waals surface area contributed by atoms with E-state index in [1.165, 1.54) is 16.8 Å². The average Bonchev–Trinajstić information content (AvgIpc) is 3.30. The van der Waals surface area contributed by atoms with Crippen LogP contribution >= 0.6 is 0 Å². The van der Waals surface area contributed by atoms with Crippen LogP contribution in [0.5, 0.6) is 0 Å². The van der Waals surface area contributed by atoms with Gasteiger partial charge in [0.1, 0.15) is 0 Å². The predicted octanol–water partition coefficient (Wildman–Crippen LogP) is 2.40. The van der Waals surface area contributed by atoms with Gasteiger partial charge in [0.15, 0.2) is 0 Å². The normalized spacial score (nSPS) is 11.5. The van der Waals surface area contributed by atoms with Crippen LogP contribution in [0.1, 0.15) is 0 Å². The van der Waals surface area contributed by atoms with Crippen molar-refractivity contribution in [2.45, 2.75) is 19.6 Å². The first kappa shape index (κ1) is 13.8. The van der Waals surface area contributed by atoms with Gasteiger partial charge < -0.3 is 9.13 Å². The Morgan fingerprint density at radius 1 is 0.913 bits per heavy atom. The Bertz CT molecular complexity index is 823. The van der Waals surface area contributed by atoms with Crippen LogP contribution in [0.3, 0.4) is 0 Å². The van der Waals surface area contributed by atoms with Gasteiger partial charge >= 0.3 is 0 Å². The number of hydrogen-bond donors (Lipinski definition) is 0. The minimum absolute atomic E-state index is 0.741. The van der Waals surface area contributed by atoms with Crippen LogP contribution in [0.15, 0.2) is 67.6 Å². The molecule has 0 unspecified atom stereocenters. The van der Waals surface area contributed by atoms with E-state index >= 15 is 0 Å². The Morgan fingerprint density at radius 2 is 1.87 bits per heavy atom. The highest BCUT2D eigenvalue weighted by Crippen LogP contribution is 2.19. The Morgan fingerprint density at radius 3 is 2.70 bits per heavy atom. The van der Waals surface area contributed by atoms with Crippen molar-refractivity contribution in [2.24, 2.45) is 0 Å². The summed E-state index contributed by atoms with van der Waals surface area (Å²) < 4.78 is 6.22. The fourth-order valence-corrected chi connectivity index (χ4v) is 2.85. The van der Waals surface area contributed by atoms with Gasteiger partial charge in [-0.25, -0.2) is 4.98 Å². The van der Waals surface area contributed by atoms with Crippen LogP contribution in [0, 0.1) is 5.92 Å². The second kappa shape index (κ2) is 6.08. The molecule has 4 rings (SSSR count). The summed E-state index contributed by atoms with van der Waals surface area (Å²) in [4.78, 5) is 4.13. The fraction of sp³-hybridized carbons (Fsp3) is 0.176. The molecule has 3 aromatic heterocycles. The molecule has 0 aliphatic heterocycles. The van der Waals surface area contributed by atoms with Crippen LogP contribution in [0.4, 0.5) is 0 Å². The van der Waals surface area contributed by atoms with Gasteiger partial charge in [0.25, 0.3) is 0 Å². The van der Waals surface area contributed by atoms with Gasteiger partial charge in [-0.2, -0.15) is 0 Å². The smallest absolute Gasteiger partial charge is 0.0946 e. The Balaban J connectivity index is 1.59. The summed E-state index contributed by atoms with van der Waals surface area (Å²) >= 11 is 0. The molecule has 0 N–H and O–H groups in total. The van der Waals surface area contributed by atoms with Crippen molar-refractivity contribution in [3.8, 4) is 0 Å². The van der Waals surface area contributed by atoms with Crippen molar-refractivity contribution in [1.29, 1.82) is 0 Å². The maximum Gasteiger partial charge on any atom is 0.0946 e. The number of fused-ring (bicyclic) bond motifs is 1. The van der Waals surface area contributed by atoms with E-state index in [0.29, 0.717) is 0 Å². The van der Waals surface area contributed by atoms with E-state index in [0.717, 1.165) is 19.6 Å². The molecule has 0 saturated carbocycles. The molecular weight excluding hydrogens is 288 g/mol. The van der Waals surface area contributed by atoms with Crippen LogP contribution in [0.2, 0.25) is 0 Å². The largest absolute Gasteiger partial charge is 0.347 e. The number of nitrogens with zero attached hydrogens (tertiary/aromatic N) is 6. The molecule has 0 bridgehead atoms. The number of rotatable bonds is 6. The maximum absolute atomic E-state index is 4.13. The second-order valence-corrected chi connectivity index (χ2v) is 5.59. The zero-order valence-electron chi connectivity index (χ0n) is 12.7. The topological polar surface area (TPSA) is 53.5 Å². The molecule has 1 radical (unpaired) electrons. The summed E-state index contributed by atoms with van der Waals surface area (Å²) in [5, 5.41) is 9.24. The highest BCUT2D eigenvalue weighted by Gasteiger charge is 2.14. The van der Waals surface area contributed by atoms with Crippen LogP contribution in [-0.2, 0) is 19.6 Å². The van der Waals surface area contributed by atoms with E-state index in [2.05, 4.69) is 61.0 Å². The van der Waals surface area contributed by atoms with Gasteiger partial charge in [-0.05, 0) is 17.5 Å². The molecule has 6 nitrogen and oxygen atoms in total. The first-order valence-electron chi connectivity index (χ1n) is 7.56. The molecule has 0 aliphatic rings. The van der Waals surface area contributed by atoms with Gasteiger partial charge in [0.05, 0.1) is 19.1 Å². The number of aromatic nitrogens is 6. The SMILES string of the molecule is c1ccc2c(c1)ccn2C[C](Cn1ccnc1)Cn1ccnn1. The van der Waals surface area contributed by atoms with Gasteiger partial charge in [-0.1, -0.05) is 23.4 Å². The van der Waals surface area contributed by atoms with Gasteiger partial charge in [-0.15, -0.1) is 5.10 Å². The zero-order chi connectivity index (χ0) is 15.5. The molecule has 0 fully saturated rings. The molecule has 1 aromatic carbocycles. The third-order valence-electron chi connectivity index (χ3n) is 3.90. The number of benzene rings is 1. The van der Waals surface area contributed by atoms with Gasteiger partial charge in [0, 0.05) is 49.3 Å². The molecule has 115 valence electrons.